The van der Waals surface area contributed by atoms with Gasteiger partial charge in [-0.2, -0.15) is 0 Å². The predicted octanol–water partition coefficient (Wildman–Crippen LogP) is 3.10. The van der Waals surface area contributed by atoms with E-state index < -0.39 is 0 Å². The lowest BCUT2D eigenvalue weighted by molar-refractivity contribution is 0.0924. The molecule has 1 N–H and O–H groups in total. The minimum Gasteiger partial charge on any atom is -0.378 e. The summed E-state index contributed by atoms with van der Waals surface area (Å²) in [5.41, 5.74) is 3.10. The molecule has 1 aliphatic heterocycles. The maximum atomic E-state index is 12.4. The number of aromatic nitrogens is 1. The lowest BCUT2D eigenvalue weighted by Gasteiger charge is -2.35. The number of carbonyl (C=O) groups is 1. The maximum Gasteiger partial charge on any atom is 0.251 e. The van der Waals surface area contributed by atoms with Gasteiger partial charge in [-0.1, -0.05) is 18.6 Å². The van der Waals surface area contributed by atoms with Crippen molar-refractivity contribution < 1.29 is 4.79 Å². The van der Waals surface area contributed by atoms with Crippen LogP contribution in [0.25, 0.3) is 0 Å². The first-order chi connectivity index (χ1) is 12.6. The average Bonchev–Trinajstić information content (AvgIpc) is 2.70. The number of pyridine rings is 1. The van der Waals surface area contributed by atoms with E-state index in [2.05, 4.69) is 44.4 Å². The average molecular weight is 352 g/mol. The molecule has 1 aromatic heterocycles. The number of benzene rings is 1. The molecule has 5 heteroatoms. The standard InChI is InChI=1S/C21H28N4O/c1-24(2)19-8-6-17(7-9-19)20(25-14-4-3-5-15-25)16-23-21(26)18-10-12-22-13-11-18/h6-13,20H,3-5,14-16H2,1-2H3,(H,23,26). The Labute approximate surface area is 156 Å². The van der Waals surface area contributed by atoms with Crippen molar-refractivity contribution in [2.75, 3.05) is 38.6 Å². The predicted molar refractivity (Wildman–Crippen MR) is 106 cm³/mol. The number of piperidine rings is 1. The lowest BCUT2D eigenvalue weighted by atomic mass is 10.0. The molecule has 26 heavy (non-hydrogen) atoms. The Hall–Kier alpha value is -2.40. The van der Waals surface area contributed by atoms with E-state index in [1.807, 2.05) is 14.1 Å². The van der Waals surface area contributed by atoms with Crippen LogP contribution in [0, 0.1) is 0 Å². The van der Waals surface area contributed by atoms with Gasteiger partial charge in [0.15, 0.2) is 0 Å². The van der Waals surface area contributed by atoms with E-state index in [-0.39, 0.29) is 11.9 Å². The zero-order chi connectivity index (χ0) is 18.4. The number of rotatable bonds is 6. The highest BCUT2D eigenvalue weighted by molar-refractivity contribution is 5.93. The Bertz CT molecular complexity index is 694. The minimum absolute atomic E-state index is 0.0423. The number of carbonyl (C=O) groups excluding carboxylic acids is 1. The van der Waals surface area contributed by atoms with Crippen molar-refractivity contribution in [2.45, 2.75) is 25.3 Å². The van der Waals surface area contributed by atoms with E-state index in [4.69, 9.17) is 0 Å². The Morgan fingerprint density at radius 3 is 2.35 bits per heavy atom. The van der Waals surface area contributed by atoms with Crippen LogP contribution in [-0.2, 0) is 0 Å². The van der Waals surface area contributed by atoms with Crippen LogP contribution in [0.15, 0.2) is 48.8 Å². The molecule has 0 spiro atoms. The number of hydrogen-bond acceptors (Lipinski definition) is 4. The van der Waals surface area contributed by atoms with Crippen molar-refractivity contribution in [3.8, 4) is 0 Å². The number of nitrogens with one attached hydrogen (secondary N) is 1. The third-order valence-electron chi connectivity index (χ3n) is 5.02. The van der Waals surface area contributed by atoms with Gasteiger partial charge in [0.05, 0.1) is 6.04 Å². The largest absolute Gasteiger partial charge is 0.378 e. The molecule has 2 aromatic rings. The Balaban J connectivity index is 1.73. The summed E-state index contributed by atoms with van der Waals surface area (Å²) in [5.74, 6) is -0.0423. The molecule has 1 atom stereocenters. The van der Waals surface area contributed by atoms with Crippen molar-refractivity contribution >= 4 is 11.6 Å². The van der Waals surface area contributed by atoms with Gasteiger partial charge in [-0.05, 0) is 55.8 Å². The first-order valence-electron chi connectivity index (χ1n) is 9.35. The summed E-state index contributed by atoms with van der Waals surface area (Å²) in [4.78, 5) is 21.0. The number of likely N-dealkylation sites (tertiary alicyclic amines) is 1. The number of amides is 1. The Morgan fingerprint density at radius 2 is 1.73 bits per heavy atom. The third kappa shape index (κ3) is 4.61. The Kier molecular flexibility index (Phi) is 6.23. The highest BCUT2D eigenvalue weighted by Gasteiger charge is 2.23. The summed E-state index contributed by atoms with van der Waals surface area (Å²) in [6.45, 7) is 2.79. The normalized spacial score (nSPS) is 16.1. The topological polar surface area (TPSA) is 48.5 Å². The molecule has 138 valence electrons. The van der Waals surface area contributed by atoms with E-state index in [0.717, 1.165) is 13.1 Å². The van der Waals surface area contributed by atoms with Crippen LogP contribution in [0.4, 0.5) is 5.69 Å². The molecule has 0 radical (unpaired) electrons. The van der Waals surface area contributed by atoms with Gasteiger partial charge in [0.2, 0.25) is 0 Å². The molecule has 0 aliphatic carbocycles. The summed E-state index contributed by atoms with van der Waals surface area (Å²) in [6, 6.07) is 12.4. The molecule has 1 fully saturated rings. The van der Waals surface area contributed by atoms with E-state index in [0.29, 0.717) is 12.1 Å². The molecule has 1 aromatic carbocycles. The molecule has 1 aliphatic rings. The van der Waals surface area contributed by atoms with Crippen LogP contribution in [-0.4, -0.2) is 49.5 Å². The van der Waals surface area contributed by atoms with Gasteiger partial charge >= 0.3 is 0 Å². The number of anilines is 1. The molecular weight excluding hydrogens is 324 g/mol. The second-order valence-electron chi connectivity index (χ2n) is 7.04. The van der Waals surface area contributed by atoms with Crippen molar-refractivity contribution in [1.29, 1.82) is 0 Å². The second kappa shape index (κ2) is 8.81. The summed E-state index contributed by atoms with van der Waals surface area (Å²) in [5, 5.41) is 3.11. The molecule has 1 amide bonds. The van der Waals surface area contributed by atoms with Gasteiger partial charge in [0.1, 0.15) is 0 Å². The van der Waals surface area contributed by atoms with Crippen molar-refractivity contribution in [3.05, 3.63) is 59.9 Å². The minimum atomic E-state index is -0.0423. The van der Waals surface area contributed by atoms with Gasteiger partial charge in [0, 0.05) is 44.3 Å². The summed E-state index contributed by atoms with van der Waals surface area (Å²) < 4.78 is 0. The molecule has 2 heterocycles. The van der Waals surface area contributed by atoms with Crippen LogP contribution in [0.2, 0.25) is 0 Å². The first-order valence-corrected chi connectivity index (χ1v) is 9.35. The number of hydrogen-bond donors (Lipinski definition) is 1. The van der Waals surface area contributed by atoms with Crippen LogP contribution in [0.5, 0.6) is 0 Å². The van der Waals surface area contributed by atoms with E-state index in [1.54, 1.807) is 24.5 Å². The fraction of sp³-hybridized carbons (Fsp3) is 0.429. The molecule has 0 bridgehead atoms. The third-order valence-corrected chi connectivity index (χ3v) is 5.02. The van der Waals surface area contributed by atoms with Gasteiger partial charge in [-0.25, -0.2) is 0 Å². The first kappa shape index (κ1) is 18.4. The highest BCUT2D eigenvalue weighted by atomic mass is 16.1. The fourth-order valence-electron chi connectivity index (χ4n) is 3.48. The summed E-state index contributed by atoms with van der Waals surface area (Å²) >= 11 is 0. The van der Waals surface area contributed by atoms with Gasteiger partial charge in [-0.15, -0.1) is 0 Å². The maximum absolute atomic E-state index is 12.4. The zero-order valence-corrected chi connectivity index (χ0v) is 15.7. The SMILES string of the molecule is CN(C)c1ccc(C(CNC(=O)c2ccncc2)N2CCCCC2)cc1. The fourth-order valence-corrected chi connectivity index (χ4v) is 3.48. The van der Waals surface area contributed by atoms with Gasteiger partial charge < -0.3 is 10.2 Å². The van der Waals surface area contributed by atoms with Gasteiger partial charge in [-0.3, -0.25) is 14.7 Å². The second-order valence-corrected chi connectivity index (χ2v) is 7.04. The lowest BCUT2D eigenvalue weighted by Crippen LogP contribution is -2.40. The van der Waals surface area contributed by atoms with E-state index in [9.17, 15) is 4.79 Å². The van der Waals surface area contributed by atoms with Crippen LogP contribution in [0.3, 0.4) is 0 Å². The molecule has 1 saturated heterocycles. The summed E-state index contributed by atoms with van der Waals surface area (Å²) in [6.07, 6.45) is 7.05. The molecule has 0 saturated carbocycles. The number of nitrogens with zero attached hydrogens (tertiary/aromatic N) is 3. The van der Waals surface area contributed by atoms with Crippen molar-refractivity contribution in [2.24, 2.45) is 0 Å². The van der Waals surface area contributed by atoms with Crippen LogP contribution < -0.4 is 10.2 Å². The quantitative estimate of drug-likeness (QED) is 0.868. The Morgan fingerprint density at radius 1 is 1.08 bits per heavy atom. The molecule has 1 unspecified atom stereocenters. The van der Waals surface area contributed by atoms with Crippen molar-refractivity contribution in [1.82, 2.24) is 15.2 Å². The highest BCUT2D eigenvalue weighted by Crippen LogP contribution is 2.26. The van der Waals surface area contributed by atoms with Gasteiger partial charge in [0.25, 0.3) is 5.91 Å². The van der Waals surface area contributed by atoms with Crippen LogP contribution in [0.1, 0.15) is 41.2 Å². The molecular formula is C21H28N4O. The monoisotopic (exact) mass is 352 g/mol. The molecule has 5 nitrogen and oxygen atoms in total. The van der Waals surface area contributed by atoms with Crippen LogP contribution >= 0.6 is 0 Å². The van der Waals surface area contributed by atoms with Crippen molar-refractivity contribution in [3.63, 3.8) is 0 Å². The van der Waals surface area contributed by atoms with E-state index in [1.165, 1.54) is 30.5 Å². The van der Waals surface area contributed by atoms with E-state index >= 15 is 0 Å². The smallest absolute Gasteiger partial charge is 0.251 e. The molecule has 3 rings (SSSR count). The zero-order valence-electron chi connectivity index (χ0n) is 15.7. The summed E-state index contributed by atoms with van der Waals surface area (Å²) in [7, 11) is 4.10.